The van der Waals surface area contributed by atoms with E-state index in [0.29, 0.717) is 50.3 Å². The monoisotopic (exact) mass is 411 g/mol. The number of hydrogen-bond acceptors (Lipinski definition) is 4. The summed E-state index contributed by atoms with van der Waals surface area (Å²) in [7, 11) is 1.57. The van der Waals surface area contributed by atoms with Gasteiger partial charge in [-0.2, -0.15) is 0 Å². The number of allylic oxidation sites excluding steroid dienone is 1. The van der Waals surface area contributed by atoms with Gasteiger partial charge in [0.1, 0.15) is 11.6 Å². The van der Waals surface area contributed by atoms with Gasteiger partial charge in [0, 0.05) is 32.4 Å². The van der Waals surface area contributed by atoms with Crippen LogP contribution in [0, 0.1) is 11.6 Å². The highest BCUT2D eigenvalue weighted by Gasteiger charge is 2.38. The van der Waals surface area contributed by atoms with Crippen molar-refractivity contribution in [2.24, 2.45) is 0 Å². The number of rotatable bonds is 5. The maximum Gasteiger partial charge on any atom is 0.254 e. The van der Waals surface area contributed by atoms with Crippen LogP contribution < -0.4 is 5.32 Å². The Balaban J connectivity index is 2.08. The smallest absolute Gasteiger partial charge is 0.254 e. The van der Waals surface area contributed by atoms with Crippen molar-refractivity contribution < 1.29 is 23.0 Å². The maximum absolute atomic E-state index is 14.5. The number of thiocarbonyl (C=S) groups is 1. The number of amides is 1. The Morgan fingerprint density at radius 1 is 1.32 bits per heavy atom. The minimum atomic E-state index is -1.01. The number of carbonyl (C=O) groups is 1. The molecule has 6 nitrogen and oxygen atoms in total. The number of ether oxygens (including phenoxy) is 2. The molecule has 0 saturated carbocycles. The summed E-state index contributed by atoms with van der Waals surface area (Å²) in [6.45, 7) is 4.24. The predicted octanol–water partition coefficient (Wildman–Crippen LogP) is 1.98. The molecular weight excluding hydrogens is 388 g/mol. The summed E-state index contributed by atoms with van der Waals surface area (Å²) in [4.78, 5) is 16.7. The van der Waals surface area contributed by atoms with Gasteiger partial charge in [-0.1, -0.05) is 6.07 Å². The van der Waals surface area contributed by atoms with E-state index in [9.17, 15) is 13.6 Å². The summed E-state index contributed by atoms with van der Waals surface area (Å²) in [6.07, 6.45) is 0. The molecule has 0 aromatic heterocycles. The quantitative estimate of drug-likeness (QED) is 0.748. The molecule has 3 rings (SSSR count). The molecule has 2 aliphatic rings. The van der Waals surface area contributed by atoms with E-state index in [-0.39, 0.29) is 17.0 Å². The molecule has 2 aliphatic heterocycles. The van der Waals surface area contributed by atoms with Crippen molar-refractivity contribution in [3.63, 3.8) is 0 Å². The molecule has 1 saturated heterocycles. The van der Waals surface area contributed by atoms with Crippen molar-refractivity contribution in [2.75, 3.05) is 46.6 Å². The Morgan fingerprint density at radius 3 is 2.57 bits per heavy atom. The van der Waals surface area contributed by atoms with Gasteiger partial charge >= 0.3 is 0 Å². The topological polar surface area (TPSA) is 54.0 Å². The fourth-order valence-electron chi connectivity index (χ4n) is 3.45. The largest absolute Gasteiger partial charge is 0.383 e. The number of halogens is 2. The van der Waals surface area contributed by atoms with E-state index in [2.05, 4.69) is 5.32 Å². The Morgan fingerprint density at radius 2 is 1.96 bits per heavy atom. The van der Waals surface area contributed by atoms with Gasteiger partial charge in [0.2, 0.25) is 0 Å². The third-order valence-electron chi connectivity index (χ3n) is 4.93. The molecule has 0 spiro atoms. The second-order valence-electron chi connectivity index (χ2n) is 6.57. The molecule has 0 bridgehead atoms. The van der Waals surface area contributed by atoms with Crippen molar-refractivity contribution in [3.05, 3.63) is 46.7 Å². The van der Waals surface area contributed by atoms with E-state index in [1.165, 1.54) is 18.2 Å². The first kappa shape index (κ1) is 20.6. The van der Waals surface area contributed by atoms with E-state index < -0.39 is 17.7 Å². The number of nitrogens with zero attached hydrogens (tertiary/aromatic N) is 2. The van der Waals surface area contributed by atoms with E-state index >= 15 is 0 Å². The Labute approximate surface area is 168 Å². The van der Waals surface area contributed by atoms with Crippen LogP contribution in [0.3, 0.4) is 0 Å². The average Bonchev–Trinajstić information content (AvgIpc) is 2.68. The average molecular weight is 411 g/mol. The molecule has 1 aromatic carbocycles. The minimum absolute atomic E-state index is 0.216. The van der Waals surface area contributed by atoms with Crippen LogP contribution >= 0.6 is 12.2 Å². The normalized spacial score (nSPS) is 20.4. The van der Waals surface area contributed by atoms with E-state index in [0.717, 1.165) is 0 Å². The first-order valence-electron chi connectivity index (χ1n) is 9.04. The zero-order chi connectivity index (χ0) is 20.3. The van der Waals surface area contributed by atoms with Gasteiger partial charge in [-0.05, 0) is 31.3 Å². The Bertz CT molecular complexity index is 776. The van der Waals surface area contributed by atoms with Gasteiger partial charge in [0.15, 0.2) is 5.11 Å². The Hall–Kier alpha value is -2.10. The molecule has 2 heterocycles. The number of carbonyl (C=O) groups excluding carboxylic acids is 1. The highest BCUT2D eigenvalue weighted by atomic mass is 32.1. The molecular formula is C19H23F2N3O3S. The SMILES string of the molecule is COCCN1C(=S)NC(c2c(F)cccc2F)C(C(=O)N2CCOCC2)=C1C. The number of benzene rings is 1. The third kappa shape index (κ3) is 4.01. The van der Waals surface area contributed by atoms with Gasteiger partial charge in [-0.15, -0.1) is 0 Å². The van der Waals surface area contributed by atoms with Crippen LogP contribution in [0.2, 0.25) is 0 Å². The summed E-state index contributed by atoms with van der Waals surface area (Å²) in [5.41, 5.74) is 0.618. The lowest BCUT2D eigenvalue weighted by atomic mass is 9.93. The molecule has 1 aromatic rings. The minimum Gasteiger partial charge on any atom is -0.383 e. The van der Waals surface area contributed by atoms with Crippen LogP contribution in [-0.4, -0.2) is 67.4 Å². The zero-order valence-electron chi connectivity index (χ0n) is 15.8. The van der Waals surface area contributed by atoms with Crippen LogP contribution in [0.15, 0.2) is 29.5 Å². The lowest BCUT2D eigenvalue weighted by Crippen LogP contribution is -2.52. The lowest BCUT2D eigenvalue weighted by Gasteiger charge is -2.40. The third-order valence-corrected chi connectivity index (χ3v) is 5.27. The standard InChI is InChI=1S/C19H23F2N3O3S/c1-12-15(18(25)23-6-10-27-11-7-23)17(16-13(20)4-3-5-14(16)21)22-19(28)24(12)8-9-26-2/h3-5,17H,6-11H2,1-2H3,(H,22,28). The molecule has 0 aliphatic carbocycles. The molecule has 152 valence electrons. The summed E-state index contributed by atoms with van der Waals surface area (Å²) >= 11 is 5.41. The number of nitrogens with one attached hydrogen (secondary N) is 1. The van der Waals surface area contributed by atoms with Gasteiger partial charge in [-0.3, -0.25) is 4.79 Å². The van der Waals surface area contributed by atoms with Crippen molar-refractivity contribution in [1.29, 1.82) is 0 Å². The summed E-state index contributed by atoms with van der Waals surface area (Å²) in [5.74, 6) is -1.75. The van der Waals surface area contributed by atoms with Crippen LogP contribution in [0.25, 0.3) is 0 Å². The Kier molecular flexibility index (Phi) is 6.58. The fourth-order valence-corrected chi connectivity index (χ4v) is 3.80. The number of methoxy groups -OCH3 is 1. The number of morpholine rings is 1. The molecule has 1 atom stereocenters. The summed E-state index contributed by atoms with van der Waals surface area (Å²) in [6, 6.07) is 2.63. The highest BCUT2D eigenvalue weighted by molar-refractivity contribution is 7.80. The maximum atomic E-state index is 14.5. The summed E-state index contributed by atoms with van der Waals surface area (Å²) in [5, 5.41) is 3.25. The van der Waals surface area contributed by atoms with Crippen molar-refractivity contribution in [1.82, 2.24) is 15.1 Å². The van der Waals surface area contributed by atoms with Crippen LogP contribution in [-0.2, 0) is 14.3 Å². The fraction of sp³-hybridized carbons (Fsp3) is 0.474. The molecule has 1 fully saturated rings. The predicted molar refractivity (Wildman–Crippen MR) is 104 cm³/mol. The van der Waals surface area contributed by atoms with Gasteiger partial charge in [0.25, 0.3) is 5.91 Å². The highest BCUT2D eigenvalue weighted by Crippen LogP contribution is 2.34. The van der Waals surface area contributed by atoms with Crippen LogP contribution in [0.5, 0.6) is 0 Å². The van der Waals surface area contributed by atoms with E-state index in [1.807, 2.05) is 0 Å². The van der Waals surface area contributed by atoms with Crippen molar-refractivity contribution >= 4 is 23.2 Å². The van der Waals surface area contributed by atoms with Crippen molar-refractivity contribution in [2.45, 2.75) is 13.0 Å². The molecule has 28 heavy (non-hydrogen) atoms. The van der Waals surface area contributed by atoms with Gasteiger partial charge in [-0.25, -0.2) is 8.78 Å². The first-order valence-corrected chi connectivity index (χ1v) is 9.45. The molecule has 1 unspecified atom stereocenters. The van der Waals surface area contributed by atoms with Crippen molar-refractivity contribution in [3.8, 4) is 0 Å². The second-order valence-corrected chi connectivity index (χ2v) is 6.95. The van der Waals surface area contributed by atoms with E-state index in [4.69, 9.17) is 21.7 Å². The first-order chi connectivity index (χ1) is 13.5. The molecule has 1 amide bonds. The molecule has 0 radical (unpaired) electrons. The number of hydrogen-bond donors (Lipinski definition) is 1. The lowest BCUT2D eigenvalue weighted by molar-refractivity contribution is -0.131. The second kappa shape index (κ2) is 8.93. The molecule has 1 N–H and O–H groups in total. The van der Waals surface area contributed by atoms with Gasteiger partial charge < -0.3 is 24.6 Å². The summed E-state index contributed by atoms with van der Waals surface area (Å²) < 4.78 is 39.5. The zero-order valence-corrected chi connectivity index (χ0v) is 16.7. The van der Waals surface area contributed by atoms with E-state index in [1.54, 1.807) is 23.8 Å². The molecule has 9 heteroatoms. The van der Waals surface area contributed by atoms with Crippen LogP contribution in [0.1, 0.15) is 18.5 Å². The van der Waals surface area contributed by atoms with Gasteiger partial charge in [0.05, 0.1) is 37.0 Å². The van der Waals surface area contributed by atoms with Crippen LogP contribution in [0.4, 0.5) is 8.78 Å².